The number of nitrogens with one attached hydrogen (secondary N) is 1. The summed E-state index contributed by atoms with van der Waals surface area (Å²) in [5, 5.41) is 0. The highest BCUT2D eigenvalue weighted by Crippen LogP contribution is 2.08. The van der Waals surface area contributed by atoms with Gasteiger partial charge in [-0.25, -0.2) is 13.3 Å². The minimum absolute atomic E-state index is 0.183. The molecule has 0 aromatic heterocycles. The van der Waals surface area contributed by atoms with E-state index in [1.165, 1.54) is 0 Å². The molecule has 1 N–H and O–H groups in total. The predicted molar refractivity (Wildman–Crippen MR) is 42.9 cm³/mol. The molecule has 0 aliphatic carbocycles. The first-order chi connectivity index (χ1) is 4.48. The molecule has 0 radical (unpaired) electrons. The lowest BCUT2D eigenvalue weighted by molar-refractivity contribution is 0.458. The summed E-state index contributed by atoms with van der Waals surface area (Å²) >= 11 is 5.33. The Morgan fingerprint density at radius 1 is 1.50 bits per heavy atom. The topological polar surface area (TPSA) is 46.2 Å². The van der Waals surface area contributed by atoms with Crippen LogP contribution in [0.1, 0.15) is 20.3 Å². The molecule has 10 heavy (non-hydrogen) atoms. The Balaban J connectivity index is 3.67. The number of thiol groups is 1. The van der Waals surface area contributed by atoms with Crippen LogP contribution < -0.4 is 4.84 Å². The first kappa shape index (κ1) is 10.2. The zero-order valence-electron chi connectivity index (χ0n) is 6.06. The van der Waals surface area contributed by atoms with Gasteiger partial charge < -0.3 is 0 Å². The molecule has 0 aliphatic heterocycles. The van der Waals surface area contributed by atoms with E-state index in [0.29, 0.717) is 6.42 Å². The lowest BCUT2D eigenvalue weighted by Gasteiger charge is -2.19. The van der Waals surface area contributed by atoms with Crippen molar-refractivity contribution in [3.8, 4) is 0 Å². The molecule has 0 saturated heterocycles. The molecule has 0 aromatic rings. The lowest BCUT2D eigenvalue weighted by atomic mass is 10.0. The largest absolute Gasteiger partial charge is 0.232 e. The SMILES string of the molecule is CC(C)(CC[SH](=O)=O)NCl. The molecule has 0 bridgehead atoms. The summed E-state index contributed by atoms with van der Waals surface area (Å²) in [4.78, 5) is 2.50. The Labute approximate surface area is 67.8 Å². The van der Waals surface area contributed by atoms with Crippen LogP contribution >= 0.6 is 11.8 Å². The maximum Gasteiger partial charge on any atom is 0.140 e. The number of hydrogen-bond acceptors (Lipinski definition) is 3. The molecule has 5 heteroatoms. The molecule has 0 spiro atoms. The van der Waals surface area contributed by atoms with Crippen molar-refractivity contribution < 1.29 is 8.42 Å². The first-order valence-corrected chi connectivity index (χ1v) is 4.71. The van der Waals surface area contributed by atoms with E-state index in [0.717, 1.165) is 0 Å². The number of hydrogen-bond donors (Lipinski definition) is 2. The summed E-state index contributed by atoms with van der Waals surface area (Å²) in [5.74, 6) is 0.183. The molecule has 0 heterocycles. The lowest BCUT2D eigenvalue weighted by Crippen LogP contribution is -2.33. The van der Waals surface area contributed by atoms with Crippen LogP contribution in [0.3, 0.4) is 0 Å². The van der Waals surface area contributed by atoms with E-state index in [1.807, 2.05) is 13.8 Å². The van der Waals surface area contributed by atoms with Crippen molar-refractivity contribution in [2.45, 2.75) is 25.8 Å². The first-order valence-electron chi connectivity index (χ1n) is 2.97. The predicted octanol–water partition coefficient (Wildman–Crippen LogP) is 0.510. The third-order valence-corrected chi connectivity index (χ3v) is 2.28. The van der Waals surface area contributed by atoms with E-state index in [9.17, 15) is 8.42 Å². The van der Waals surface area contributed by atoms with Gasteiger partial charge in [-0.05, 0) is 32.0 Å². The van der Waals surface area contributed by atoms with Gasteiger partial charge in [0.15, 0.2) is 0 Å². The van der Waals surface area contributed by atoms with Crippen LogP contribution in [0.2, 0.25) is 0 Å². The van der Waals surface area contributed by atoms with E-state index in [-0.39, 0.29) is 11.3 Å². The third kappa shape index (κ3) is 5.02. The smallest absolute Gasteiger partial charge is 0.140 e. The Hall–Kier alpha value is 0.200. The van der Waals surface area contributed by atoms with Gasteiger partial charge in [0.2, 0.25) is 0 Å². The molecule has 3 nitrogen and oxygen atoms in total. The Bertz CT molecular complexity index is 159. The van der Waals surface area contributed by atoms with Crippen molar-refractivity contribution in [3.05, 3.63) is 0 Å². The van der Waals surface area contributed by atoms with Gasteiger partial charge in [-0.1, -0.05) is 0 Å². The van der Waals surface area contributed by atoms with E-state index in [2.05, 4.69) is 4.84 Å². The molecule has 0 rings (SSSR count). The summed E-state index contributed by atoms with van der Waals surface area (Å²) in [6.45, 7) is 3.69. The van der Waals surface area contributed by atoms with Crippen LogP contribution in [0, 0.1) is 0 Å². The maximum absolute atomic E-state index is 10.1. The number of rotatable bonds is 4. The fourth-order valence-electron chi connectivity index (χ4n) is 0.418. The second-order valence-electron chi connectivity index (χ2n) is 2.78. The van der Waals surface area contributed by atoms with Crippen LogP contribution in [-0.4, -0.2) is 19.7 Å². The number of halogens is 1. The molecular weight excluding hydrogens is 174 g/mol. The van der Waals surface area contributed by atoms with Gasteiger partial charge in [-0.2, -0.15) is 0 Å². The zero-order chi connectivity index (χ0) is 8.20. The Morgan fingerprint density at radius 3 is 2.30 bits per heavy atom. The van der Waals surface area contributed by atoms with Crippen molar-refractivity contribution in [2.24, 2.45) is 0 Å². The Kier molecular flexibility index (Phi) is 4.24. The van der Waals surface area contributed by atoms with Gasteiger partial charge in [0.25, 0.3) is 0 Å². The van der Waals surface area contributed by atoms with Crippen molar-refractivity contribution in [2.75, 3.05) is 5.75 Å². The van der Waals surface area contributed by atoms with Gasteiger partial charge in [-0.15, -0.1) is 0 Å². The van der Waals surface area contributed by atoms with Gasteiger partial charge in [0, 0.05) is 11.3 Å². The summed E-state index contributed by atoms with van der Waals surface area (Å²) < 4.78 is 20.3. The molecule has 0 saturated carbocycles. The Morgan fingerprint density at radius 2 is 2.00 bits per heavy atom. The zero-order valence-corrected chi connectivity index (χ0v) is 7.71. The summed E-state index contributed by atoms with van der Waals surface area (Å²) in [7, 11) is -2.27. The highest BCUT2D eigenvalue weighted by molar-refractivity contribution is 7.72. The van der Waals surface area contributed by atoms with Crippen LogP contribution in [0.15, 0.2) is 0 Å². The van der Waals surface area contributed by atoms with Gasteiger partial charge in [0.05, 0.1) is 0 Å². The van der Waals surface area contributed by atoms with Crippen molar-refractivity contribution in [1.82, 2.24) is 4.84 Å². The van der Waals surface area contributed by atoms with Crippen LogP contribution in [-0.2, 0) is 10.7 Å². The molecule has 0 amide bonds. The molecule has 0 aliphatic rings. The monoisotopic (exact) mass is 185 g/mol. The maximum atomic E-state index is 10.1. The standard InChI is InChI=1S/C5H12ClNO2S/c1-5(2,7-6)3-4-10(8)9/h7,10H,3-4H2,1-2H3. The highest BCUT2D eigenvalue weighted by Gasteiger charge is 2.15. The third-order valence-electron chi connectivity index (χ3n) is 1.18. The molecule has 0 unspecified atom stereocenters. The molecular formula is C5H12ClNO2S. The molecule has 0 aromatic carbocycles. The van der Waals surface area contributed by atoms with Gasteiger partial charge >= 0.3 is 0 Å². The van der Waals surface area contributed by atoms with E-state index < -0.39 is 10.7 Å². The van der Waals surface area contributed by atoms with Gasteiger partial charge in [-0.3, -0.25) is 0 Å². The van der Waals surface area contributed by atoms with E-state index in [4.69, 9.17) is 11.8 Å². The molecule has 0 fully saturated rings. The van der Waals surface area contributed by atoms with Crippen molar-refractivity contribution in [3.63, 3.8) is 0 Å². The van der Waals surface area contributed by atoms with Gasteiger partial charge in [0.1, 0.15) is 10.7 Å². The summed E-state index contributed by atoms with van der Waals surface area (Å²) in [6, 6.07) is 0. The van der Waals surface area contributed by atoms with E-state index in [1.54, 1.807) is 0 Å². The molecule has 0 atom stereocenters. The second-order valence-corrected chi connectivity index (χ2v) is 4.09. The summed E-state index contributed by atoms with van der Waals surface area (Å²) in [6.07, 6.45) is 0.537. The van der Waals surface area contributed by atoms with Crippen LogP contribution in [0.25, 0.3) is 0 Å². The van der Waals surface area contributed by atoms with Crippen LogP contribution in [0.5, 0.6) is 0 Å². The van der Waals surface area contributed by atoms with Crippen molar-refractivity contribution >= 4 is 22.5 Å². The minimum Gasteiger partial charge on any atom is -0.232 e. The average molecular weight is 186 g/mol. The van der Waals surface area contributed by atoms with Crippen molar-refractivity contribution in [1.29, 1.82) is 0 Å². The quantitative estimate of drug-likeness (QED) is 0.496. The minimum atomic E-state index is -2.27. The highest BCUT2D eigenvalue weighted by atomic mass is 35.5. The second kappa shape index (κ2) is 4.16. The van der Waals surface area contributed by atoms with Crippen LogP contribution in [0.4, 0.5) is 0 Å². The summed E-state index contributed by atoms with van der Waals surface area (Å²) in [5.41, 5.74) is -0.295. The average Bonchev–Trinajstić information content (AvgIpc) is 1.85. The van der Waals surface area contributed by atoms with E-state index >= 15 is 0 Å². The normalized spacial score (nSPS) is 12.4. The molecule has 62 valence electrons. The fraction of sp³-hybridized carbons (Fsp3) is 1.00. The fourth-order valence-corrected chi connectivity index (χ4v) is 1.25.